The maximum absolute atomic E-state index is 12.5. The van der Waals surface area contributed by atoms with Crippen LogP contribution in [-0.4, -0.2) is 29.4 Å². The Hall–Kier alpha value is -2.89. The molecule has 0 aliphatic heterocycles. The minimum absolute atomic E-state index is 0.0506. The van der Waals surface area contributed by atoms with E-state index in [9.17, 15) is 9.59 Å². The van der Waals surface area contributed by atoms with Gasteiger partial charge in [-0.2, -0.15) is 0 Å². The average Bonchev–Trinajstić information content (AvgIpc) is 2.65. The molecule has 0 saturated heterocycles. The second-order valence-electron chi connectivity index (χ2n) is 6.19. The van der Waals surface area contributed by atoms with Gasteiger partial charge in [-0.15, -0.1) is 0 Å². The number of hydrogen-bond donors (Lipinski definition) is 2. The van der Waals surface area contributed by atoms with Gasteiger partial charge in [0.25, 0.3) is 5.91 Å². The molecule has 1 aromatic carbocycles. The Kier molecular flexibility index (Phi) is 7.14. The zero-order valence-corrected chi connectivity index (χ0v) is 15.4. The number of nitrogens with one attached hydrogen (secondary N) is 2. The second kappa shape index (κ2) is 9.56. The summed E-state index contributed by atoms with van der Waals surface area (Å²) in [5.74, 6) is 0.132. The van der Waals surface area contributed by atoms with E-state index >= 15 is 0 Å². The van der Waals surface area contributed by atoms with Crippen LogP contribution in [0.2, 0.25) is 0 Å². The summed E-state index contributed by atoms with van der Waals surface area (Å²) in [5.41, 5.74) is 1.25. The van der Waals surface area contributed by atoms with E-state index in [2.05, 4.69) is 15.6 Å². The third-order valence-electron chi connectivity index (χ3n) is 3.83. The van der Waals surface area contributed by atoms with Crippen LogP contribution in [0.5, 0.6) is 5.75 Å². The largest absolute Gasteiger partial charge is 0.494 e. The topological polar surface area (TPSA) is 80.3 Å². The summed E-state index contributed by atoms with van der Waals surface area (Å²) in [5, 5.41) is 5.63. The van der Waals surface area contributed by atoms with E-state index in [0.29, 0.717) is 24.5 Å². The lowest BCUT2D eigenvalue weighted by atomic mass is 10.0. The Balaban J connectivity index is 1.97. The van der Waals surface area contributed by atoms with Crippen molar-refractivity contribution in [3.63, 3.8) is 0 Å². The van der Waals surface area contributed by atoms with Crippen LogP contribution in [0.25, 0.3) is 0 Å². The molecule has 0 unspecified atom stereocenters. The molecule has 0 aliphatic rings. The lowest BCUT2D eigenvalue weighted by molar-refractivity contribution is -0.124. The molecule has 0 radical (unpaired) electrons. The number of rotatable bonds is 8. The smallest absolute Gasteiger partial charge is 0.251 e. The summed E-state index contributed by atoms with van der Waals surface area (Å²) in [6, 6.07) is 11.7. The number of hydrogen-bond acceptors (Lipinski definition) is 4. The van der Waals surface area contributed by atoms with E-state index in [4.69, 9.17) is 4.74 Å². The normalized spacial score (nSPS) is 11.7. The third kappa shape index (κ3) is 5.58. The highest BCUT2D eigenvalue weighted by atomic mass is 16.5. The van der Waals surface area contributed by atoms with E-state index in [1.165, 1.54) is 0 Å². The Morgan fingerprint density at radius 1 is 1.12 bits per heavy atom. The fourth-order valence-corrected chi connectivity index (χ4v) is 2.42. The minimum atomic E-state index is -0.627. The summed E-state index contributed by atoms with van der Waals surface area (Å²) in [4.78, 5) is 29.1. The first kappa shape index (κ1) is 19.4. The summed E-state index contributed by atoms with van der Waals surface area (Å²) < 4.78 is 5.37. The first-order valence-electron chi connectivity index (χ1n) is 8.72. The van der Waals surface area contributed by atoms with Gasteiger partial charge in [0.05, 0.1) is 18.8 Å². The lowest BCUT2D eigenvalue weighted by Gasteiger charge is -2.21. The summed E-state index contributed by atoms with van der Waals surface area (Å²) in [7, 11) is 0. The van der Waals surface area contributed by atoms with Crippen LogP contribution >= 0.6 is 0 Å². The molecule has 6 nitrogen and oxygen atoms in total. The molecule has 0 aliphatic carbocycles. The van der Waals surface area contributed by atoms with Crippen LogP contribution in [0.3, 0.4) is 0 Å². The minimum Gasteiger partial charge on any atom is -0.494 e. The van der Waals surface area contributed by atoms with Crippen molar-refractivity contribution >= 4 is 11.8 Å². The monoisotopic (exact) mass is 355 g/mol. The highest BCUT2D eigenvalue weighted by Gasteiger charge is 2.24. The number of nitrogens with zero attached hydrogens (tertiary/aromatic N) is 1. The van der Waals surface area contributed by atoms with Crippen molar-refractivity contribution in [3.05, 3.63) is 59.9 Å². The number of ether oxygens (including phenoxy) is 1. The predicted molar refractivity (Wildman–Crippen MR) is 99.8 cm³/mol. The number of amides is 2. The van der Waals surface area contributed by atoms with E-state index in [1.54, 1.807) is 30.5 Å². The van der Waals surface area contributed by atoms with Crippen molar-refractivity contribution in [3.8, 4) is 5.75 Å². The van der Waals surface area contributed by atoms with Gasteiger partial charge in [-0.05, 0) is 49.2 Å². The number of carbonyl (C=O) groups is 2. The highest BCUT2D eigenvalue weighted by Crippen LogP contribution is 2.13. The summed E-state index contributed by atoms with van der Waals surface area (Å²) >= 11 is 0. The number of benzene rings is 1. The third-order valence-corrected chi connectivity index (χ3v) is 3.83. The molecule has 1 aromatic heterocycles. The molecule has 2 N–H and O–H groups in total. The van der Waals surface area contributed by atoms with Gasteiger partial charge in [0.1, 0.15) is 11.8 Å². The Morgan fingerprint density at radius 2 is 1.85 bits per heavy atom. The molecule has 6 heteroatoms. The molecule has 2 rings (SSSR count). The van der Waals surface area contributed by atoms with E-state index in [1.807, 2.05) is 39.0 Å². The van der Waals surface area contributed by atoms with Crippen molar-refractivity contribution in [1.82, 2.24) is 15.6 Å². The zero-order chi connectivity index (χ0) is 18.9. The molecule has 2 aromatic rings. The van der Waals surface area contributed by atoms with Gasteiger partial charge in [-0.25, -0.2) is 0 Å². The summed E-state index contributed by atoms with van der Waals surface area (Å²) in [6.45, 7) is 6.57. The van der Waals surface area contributed by atoms with Gasteiger partial charge in [0.15, 0.2) is 0 Å². The maximum atomic E-state index is 12.5. The molecule has 0 saturated carbocycles. The van der Waals surface area contributed by atoms with Crippen LogP contribution in [0.4, 0.5) is 0 Å². The van der Waals surface area contributed by atoms with Crippen molar-refractivity contribution in [2.45, 2.75) is 33.4 Å². The second-order valence-corrected chi connectivity index (χ2v) is 6.19. The van der Waals surface area contributed by atoms with E-state index in [0.717, 1.165) is 5.69 Å². The van der Waals surface area contributed by atoms with Crippen molar-refractivity contribution in [2.75, 3.05) is 6.61 Å². The quantitative estimate of drug-likeness (QED) is 0.763. The fourth-order valence-electron chi connectivity index (χ4n) is 2.42. The molecule has 1 atom stereocenters. The number of carbonyl (C=O) groups excluding carboxylic acids is 2. The molecule has 0 spiro atoms. The molecule has 0 fully saturated rings. The molecule has 2 amide bonds. The van der Waals surface area contributed by atoms with Gasteiger partial charge in [-0.3, -0.25) is 14.6 Å². The molecule has 26 heavy (non-hydrogen) atoms. The zero-order valence-electron chi connectivity index (χ0n) is 15.4. The van der Waals surface area contributed by atoms with Gasteiger partial charge in [0.2, 0.25) is 5.91 Å². The molecule has 0 bridgehead atoms. The van der Waals surface area contributed by atoms with Crippen LogP contribution in [0.15, 0.2) is 48.7 Å². The molecular weight excluding hydrogens is 330 g/mol. The molecular formula is C20H25N3O3. The Bertz CT molecular complexity index is 715. The number of pyridine rings is 1. The van der Waals surface area contributed by atoms with Crippen molar-refractivity contribution in [1.29, 1.82) is 0 Å². The fraction of sp³-hybridized carbons (Fsp3) is 0.350. The van der Waals surface area contributed by atoms with Crippen LogP contribution < -0.4 is 15.4 Å². The van der Waals surface area contributed by atoms with Crippen LogP contribution in [0, 0.1) is 5.92 Å². The van der Waals surface area contributed by atoms with Crippen molar-refractivity contribution in [2.24, 2.45) is 5.92 Å². The molecule has 138 valence electrons. The van der Waals surface area contributed by atoms with E-state index in [-0.39, 0.29) is 17.7 Å². The first-order valence-corrected chi connectivity index (χ1v) is 8.72. The van der Waals surface area contributed by atoms with Gasteiger partial charge in [0, 0.05) is 11.8 Å². The van der Waals surface area contributed by atoms with Gasteiger partial charge in [-0.1, -0.05) is 19.9 Å². The Morgan fingerprint density at radius 3 is 2.42 bits per heavy atom. The molecule has 1 heterocycles. The predicted octanol–water partition coefficient (Wildman–Crippen LogP) is 2.55. The first-order chi connectivity index (χ1) is 12.5. The van der Waals surface area contributed by atoms with Gasteiger partial charge < -0.3 is 15.4 Å². The van der Waals surface area contributed by atoms with E-state index < -0.39 is 6.04 Å². The van der Waals surface area contributed by atoms with Crippen LogP contribution in [0.1, 0.15) is 36.8 Å². The summed E-state index contributed by atoms with van der Waals surface area (Å²) in [6.07, 6.45) is 1.68. The highest BCUT2D eigenvalue weighted by molar-refractivity contribution is 5.97. The van der Waals surface area contributed by atoms with Crippen molar-refractivity contribution < 1.29 is 14.3 Å². The SMILES string of the molecule is CCOc1ccc(C(=O)N[C@@H](C(=O)NCc2ccccn2)C(C)C)cc1. The lowest BCUT2D eigenvalue weighted by Crippen LogP contribution is -2.49. The standard InChI is InChI=1S/C20H25N3O3/c1-4-26-17-10-8-15(9-11-17)19(24)23-18(14(2)3)20(25)22-13-16-7-5-6-12-21-16/h5-12,14,18H,4,13H2,1-3H3,(H,22,25)(H,23,24)/t18-/m1/s1. The Labute approximate surface area is 154 Å². The van der Waals surface area contributed by atoms with Gasteiger partial charge >= 0.3 is 0 Å². The number of aromatic nitrogens is 1. The average molecular weight is 355 g/mol. The maximum Gasteiger partial charge on any atom is 0.251 e. The van der Waals surface area contributed by atoms with Crippen LogP contribution in [-0.2, 0) is 11.3 Å².